The highest BCUT2D eigenvalue weighted by Crippen LogP contribution is 2.32. The Bertz CT molecular complexity index is 1260. The molecular formula is C29H27N3. The van der Waals surface area contributed by atoms with Gasteiger partial charge in [-0.15, -0.1) is 0 Å². The van der Waals surface area contributed by atoms with Crippen LogP contribution in [0, 0.1) is 0 Å². The highest BCUT2D eigenvalue weighted by molar-refractivity contribution is 5.83. The summed E-state index contributed by atoms with van der Waals surface area (Å²) in [4.78, 5) is 7.54. The standard InChI is InChI=1S/C29H27N3/c1-2-6-23(7-3-1)20-24(28-21-31-29-9-5-4-8-27(28)29)13-10-22-11-14-25(15-12-22)32-26-16-18-30-19-17-26/h1-9,11-12,14-19,21,24,31H,10,13,20H2,(H,30,32). The Morgan fingerprint density at radius 1 is 0.719 bits per heavy atom. The van der Waals surface area contributed by atoms with Gasteiger partial charge < -0.3 is 10.3 Å². The van der Waals surface area contributed by atoms with E-state index in [1.165, 1.54) is 27.6 Å². The number of H-pyrrole nitrogens is 1. The van der Waals surface area contributed by atoms with E-state index < -0.39 is 0 Å². The van der Waals surface area contributed by atoms with E-state index in [1.54, 1.807) is 12.4 Å². The number of para-hydroxylation sites is 1. The van der Waals surface area contributed by atoms with Crippen molar-refractivity contribution in [2.24, 2.45) is 0 Å². The number of nitrogens with one attached hydrogen (secondary N) is 2. The van der Waals surface area contributed by atoms with Crippen LogP contribution in [0.4, 0.5) is 11.4 Å². The molecule has 0 aliphatic carbocycles. The van der Waals surface area contributed by atoms with Crippen LogP contribution in [0.25, 0.3) is 10.9 Å². The number of aromatic amines is 1. The number of hydrogen-bond donors (Lipinski definition) is 2. The number of aromatic nitrogens is 2. The van der Waals surface area contributed by atoms with Gasteiger partial charge in [0.15, 0.2) is 0 Å². The van der Waals surface area contributed by atoms with Gasteiger partial charge in [-0.25, -0.2) is 0 Å². The van der Waals surface area contributed by atoms with Crippen LogP contribution in [0.3, 0.4) is 0 Å². The lowest BCUT2D eigenvalue weighted by Gasteiger charge is -2.17. The maximum Gasteiger partial charge on any atom is 0.0456 e. The van der Waals surface area contributed by atoms with Crippen molar-refractivity contribution >= 4 is 22.3 Å². The van der Waals surface area contributed by atoms with Crippen molar-refractivity contribution in [2.75, 3.05) is 5.32 Å². The average molecular weight is 418 g/mol. The van der Waals surface area contributed by atoms with Gasteiger partial charge in [0.05, 0.1) is 0 Å². The summed E-state index contributed by atoms with van der Waals surface area (Å²) in [5, 5.41) is 4.77. The van der Waals surface area contributed by atoms with Crippen LogP contribution in [0.2, 0.25) is 0 Å². The Labute approximate surface area is 189 Å². The fourth-order valence-corrected chi connectivity index (χ4v) is 4.40. The number of nitrogens with zero attached hydrogens (tertiary/aromatic N) is 1. The molecule has 0 radical (unpaired) electrons. The van der Waals surface area contributed by atoms with Crippen LogP contribution in [-0.4, -0.2) is 9.97 Å². The van der Waals surface area contributed by atoms with Crippen LogP contribution in [0.1, 0.15) is 29.0 Å². The van der Waals surface area contributed by atoms with Crippen molar-refractivity contribution in [3.05, 3.63) is 126 Å². The third kappa shape index (κ3) is 4.73. The molecule has 0 aliphatic heterocycles. The first-order chi connectivity index (χ1) is 15.8. The maximum atomic E-state index is 4.07. The van der Waals surface area contributed by atoms with Gasteiger partial charge in [0, 0.05) is 40.9 Å². The summed E-state index contributed by atoms with van der Waals surface area (Å²) in [5.74, 6) is 0.461. The summed E-state index contributed by atoms with van der Waals surface area (Å²) in [6.45, 7) is 0. The minimum Gasteiger partial charge on any atom is -0.361 e. The summed E-state index contributed by atoms with van der Waals surface area (Å²) in [6.07, 6.45) is 9.01. The summed E-state index contributed by atoms with van der Waals surface area (Å²) >= 11 is 0. The molecule has 5 rings (SSSR count). The van der Waals surface area contributed by atoms with E-state index in [4.69, 9.17) is 0 Å². The molecule has 5 aromatic rings. The van der Waals surface area contributed by atoms with Gasteiger partial charge in [0.25, 0.3) is 0 Å². The van der Waals surface area contributed by atoms with Gasteiger partial charge in [-0.3, -0.25) is 4.98 Å². The molecule has 0 bridgehead atoms. The van der Waals surface area contributed by atoms with Crippen LogP contribution in [0.15, 0.2) is 110 Å². The summed E-state index contributed by atoms with van der Waals surface area (Å²) in [5.41, 5.74) is 7.53. The van der Waals surface area contributed by atoms with Crippen LogP contribution in [-0.2, 0) is 12.8 Å². The van der Waals surface area contributed by atoms with E-state index in [0.29, 0.717) is 5.92 Å². The Morgan fingerprint density at radius 3 is 2.25 bits per heavy atom. The lowest BCUT2D eigenvalue weighted by Crippen LogP contribution is -2.05. The molecule has 2 heterocycles. The van der Waals surface area contributed by atoms with E-state index in [0.717, 1.165) is 30.6 Å². The first kappa shape index (κ1) is 20.1. The van der Waals surface area contributed by atoms with Crippen molar-refractivity contribution in [2.45, 2.75) is 25.2 Å². The first-order valence-electron chi connectivity index (χ1n) is 11.2. The second kappa shape index (κ2) is 9.52. The van der Waals surface area contributed by atoms with E-state index in [2.05, 4.69) is 100 Å². The van der Waals surface area contributed by atoms with Crippen molar-refractivity contribution in [3.8, 4) is 0 Å². The Kier molecular flexibility index (Phi) is 5.98. The molecule has 0 aliphatic rings. The Balaban J connectivity index is 1.32. The molecule has 0 saturated carbocycles. The number of aryl methyl sites for hydroxylation is 1. The Hall–Kier alpha value is -3.85. The van der Waals surface area contributed by atoms with Crippen LogP contribution >= 0.6 is 0 Å². The van der Waals surface area contributed by atoms with Gasteiger partial charge in [0.1, 0.15) is 0 Å². The highest BCUT2D eigenvalue weighted by atomic mass is 14.9. The molecule has 0 amide bonds. The number of rotatable bonds is 8. The van der Waals surface area contributed by atoms with Gasteiger partial charge in [0.2, 0.25) is 0 Å². The van der Waals surface area contributed by atoms with Crippen molar-refractivity contribution < 1.29 is 0 Å². The molecule has 3 nitrogen and oxygen atoms in total. The third-order valence-electron chi connectivity index (χ3n) is 6.09. The molecule has 0 spiro atoms. The lowest BCUT2D eigenvalue weighted by molar-refractivity contribution is 0.625. The number of benzene rings is 3. The predicted molar refractivity (Wildman–Crippen MR) is 133 cm³/mol. The molecule has 0 saturated heterocycles. The molecule has 158 valence electrons. The largest absolute Gasteiger partial charge is 0.361 e. The minimum atomic E-state index is 0.461. The van der Waals surface area contributed by atoms with E-state index >= 15 is 0 Å². The smallest absolute Gasteiger partial charge is 0.0456 e. The first-order valence-corrected chi connectivity index (χ1v) is 11.2. The van der Waals surface area contributed by atoms with Crippen LogP contribution in [0.5, 0.6) is 0 Å². The average Bonchev–Trinajstić information content (AvgIpc) is 3.28. The number of pyridine rings is 1. The zero-order valence-electron chi connectivity index (χ0n) is 18.0. The topological polar surface area (TPSA) is 40.7 Å². The number of anilines is 2. The van der Waals surface area contributed by atoms with Gasteiger partial charge >= 0.3 is 0 Å². The fraction of sp³-hybridized carbons (Fsp3) is 0.138. The molecule has 3 aromatic carbocycles. The molecule has 32 heavy (non-hydrogen) atoms. The fourth-order valence-electron chi connectivity index (χ4n) is 4.40. The molecule has 3 heteroatoms. The zero-order valence-corrected chi connectivity index (χ0v) is 18.0. The second-order valence-corrected chi connectivity index (χ2v) is 8.27. The second-order valence-electron chi connectivity index (χ2n) is 8.27. The van der Waals surface area contributed by atoms with E-state index in [9.17, 15) is 0 Å². The van der Waals surface area contributed by atoms with Crippen molar-refractivity contribution in [3.63, 3.8) is 0 Å². The molecule has 0 fully saturated rings. The molecule has 1 unspecified atom stereocenters. The Morgan fingerprint density at radius 2 is 1.44 bits per heavy atom. The van der Waals surface area contributed by atoms with Gasteiger partial charge in [-0.05, 0) is 72.2 Å². The SMILES string of the molecule is c1ccc(CC(CCc2ccc(Nc3ccncc3)cc2)c2c[nH]c3ccccc23)cc1. The molecule has 2 N–H and O–H groups in total. The predicted octanol–water partition coefficient (Wildman–Crippen LogP) is 7.27. The van der Waals surface area contributed by atoms with Crippen molar-refractivity contribution in [1.29, 1.82) is 0 Å². The third-order valence-corrected chi connectivity index (χ3v) is 6.09. The van der Waals surface area contributed by atoms with E-state index in [1.807, 2.05) is 12.1 Å². The lowest BCUT2D eigenvalue weighted by atomic mass is 9.87. The normalized spacial score (nSPS) is 12.0. The monoisotopic (exact) mass is 417 g/mol. The maximum absolute atomic E-state index is 4.07. The molecule has 1 atom stereocenters. The summed E-state index contributed by atoms with van der Waals surface area (Å²) < 4.78 is 0. The molecule has 2 aromatic heterocycles. The highest BCUT2D eigenvalue weighted by Gasteiger charge is 2.17. The van der Waals surface area contributed by atoms with Gasteiger partial charge in [-0.1, -0.05) is 60.7 Å². The van der Waals surface area contributed by atoms with Crippen molar-refractivity contribution in [1.82, 2.24) is 9.97 Å². The number of fused-ring (bicyclic) bond motifs is 1. The van der Waals surface area contributed by atoms with E-state index in [-0.39, 0.29) is 0 Å². The summed E-state index contributed by atoms with van der Waals surface area (Å²) in [7, 11) is 0. The summed E-state index contributed by atoms with van der Waals surface area (Å²) in [6, 6.07) is 32.2. The number of hydrogen-bond acceptors (Lipinski definition) is 2. The quantitative estimate of drug-likeness (QED) is 0.279. The van der Waals surface area contributed by atoms with Crippen LogP contribution < -0.4 is 5.32 Å². The van der Waals surface area contributed by atoms with Gasteiger partial charge in [-0.2, -0.15) is 0 Å². The molecular weight excluding hydrogens is 390 g/mol. The zero-order chi connectivity index (χ0) is 21.6. The minimum absolute atomic E-state index is 0.461.